The molecule has 11 nitrogen and oxygen atoms in total. The Kier molecular flexibility index (Phi) is 6.12. The van der Waals surface area contributed by atoms with E-state index in [4.69, 9.17) is 4.42 Å². The van der Waals surface area contributed by atoms with Gasteiger partial charge in [0.05, 0.1) is 5.52 Å². The number of carboxylic acids is 1. The molecule has 5 rings (SSSR count). The molecule has 1 saturated heterocycles. The Balaban J connectivity index is 1.38. The lowest BCUT2D eigenvalue weighted by Crippen LogP contribution is -2.71. The van der Waals surface area contributed by atoms with Crippen LogP contribution >= 0.6 is 11.8 Å². The minimum absolute atomic E-state index is 0.0591. The van der Waals surface area contributed by atoms with Crippen LogP contribution in [0.15, 0.2) is 69.0 Å². The van der Waals surface area contributed by atoms with Gasteiger partial charge in [-0.1, -0.05) is 30.3 Å². The average molecular weight is 523 g/mol. The number of amides is 3. The fourth-order valence-electron chi connectivity index (χ4n) is 4.44. The van der Waals surface area contributed by atoms with E-state index in [0.29, 0.717) is 28.0 Å². The Morgan fingerprint density at radius 3 is 2.57 bits per heavy atom. The summed E-state index contributed by atoms with van der Waals surface area (Å²) in [5.41, 5.74) is 1.96. The molecule has 0 radical (unpaired) electrons. The van der Waals surface area contributed by atoms with Crippen molar-refractivity contribution in [1.29, 1.82) is 0 Å². The third-order valence-electron chi connectivity index (χ3n) is 6.38. The minimum atomic E-state index is -1.19. The van der Waals surface area contributed by atoms with Crippen LogP contribution < -0.4 is 16.4 Å². The van der Waals surface area contributed by atoms with Gasteiger partial charge in [0.15, 0.2) is 5.58 Å². The van der Waals surface area contributed by atoms with Crippen LogP contribution in [-0.2, 0) is 21.4 Å². The first-order chi connectivity index (χ1) is 17.7. The van der Waals surface area contributed by atoms with Gasteiger partial charge in [0.25, 0.3) is 11.8 Å². The van der Waals surface area contributed by atoms with Gasteiger partial charge in [-0.3, -0.25) is 23.9 Å². The molecule has 3 N–H and O–H groups in total. The maximum Gasteiger partial charge on any atom is 0.419 e. The number of aryl methyl sites for hydroxylation is 1. The monoisotopic (exact) mass is 522 g/mol. The Hall–Kier alpha value is -4.32. The van der Waals surface area contributed by atoms with Gasteiger partial charge in [-0.2, -0.15) is 0 Å². The van der Waals surface area contributed by atoms with Crippen molar-refractivity contribution in [1.82, 2.24) is 20.1 Å². The molecular formula is C25H22N4O7S. The number of aromatic nitrogens is 1. The van der Waals surface area contributed by atoms with Gasteiger partial charge < -0.3 is 20.2 Å². The quantitative estimate of drug-likeness (QED) is 0.411. The van der Waals surface area contributed by atoms with E-state index in [-0.39, 0.29) is 11.3 Å². The number of β-lactam (4-membered cyclic amide) rings is 1. The smallest absolute Gasteiger partial charge is 0.419 e. The molecule has 3 heterocycles. The van der Waals surface area contributed by atoms with Gasteiger partial charge in [-0.25, -0.2) is 9.59 Å². The number of thioether (sulfide) groups is 1. The zero-order valence-electron chi connectivity index (χ0n) is 19.8. The van der Waals surface area contributed by atoms with Crippen molar-refractivity contribution in [3.63, 3.8) is 0 Å². The fourth-order valence-corrected chi connectivity index (χ4v) is 5.73. The van der Waals surface area contributed by atoms with Crippen LogP contribution in [0, 0.1) is 0 Å². The summed E-state index contributed by atoms with van der Waals surface area (Å²) in [4.78, 5) is 64.0. The lowest BCUT2D eigenvalue weighted by atomic mass is 10.0. The van der Waals surface area contributed by atoms with Gasteiger partial charge in [0, 0.05) is 18.4 Å². The van der Waals surface area contributed by atoms with Gasteiger partial charge in [0.2, 0.25) is 5.91 Å². The highest BCUT2D eigenvalue weighted by Gasteiger charge is 2.54. The molecular weight excluding hydrogens is 500 g/mol. The summed E-state index contributed by atoms with van der Waals surface area (Å²) in [7, 11) is 1.52. The van der Waals surface area contributed by atoms with E-state index in [1.54, 1.807) is 37.3 Å². The van der Waals surface area contributed by atoms with Crippen molar-refractivity contribution in [2.45, 2.75) is 24.4 Å². The molecule has 12 heteroatoms. The Bertz CT molecular complexity index is 1540. The lowest BCUT2D eigenvalue weighted by molar-refractivity contribution is -0.151. The highest BCUT2D eigenvalue weighted by atomic mass is 32.2. The predicted octanol–water partition coefficient (Wildman–Crippen LogP) is 1.36. The molecule has 3 aromatic rings. The van der Waals surface area contributed by atoms with Crippen LogP contribution in [0.3, 0.4) is 0 Å². The third kappa shape index (κ3) is 4.18. The van der Waals surface area contributed by atoms with Crippen LogP contribution in [-0.4, -0.2) is 55.4 Å². The molecule has 3 amide bonds. The number of hydrogen-bond acceptors (Lipinski definition) is 7. The number of hydrogen-bond donors (Lipinski definition) is 3. The number of fused-ring (bicyclic) bond motifs is 2. The van der Waals surface area contributed by atoms with E-state index < -0.39 is 46.9 Å². The van der Waals surface area contributed by atoms with Crippen molar-refractivity contribution in [3.05, 3.63) is 81.5 Å². The summed E-state index contributed by atoms with van der Waals surface area (Å²) in [6, 6.07) is 11.0. The number of oxazole rings is 1. The molecule has 0 spiro atoms. The number of benzene rings is 2. The number of rotatable bonds is 6. The average Bonchev–Trinajstić information content (AvgIpc) is 3.18. The summed E-state index contributed by atoms with van der Waals surface area (Å²) in [6.07, 6.45) is 0. The lowest BCUT2D eigenvalue weighted by Gasteiger charge is -2.49. The van der Waals surface area contributed by atoms with Crippen LogP contribution in [0.1, 0.15) is 28.9 Å². The first kappa shape index (κ1) is 24.4. The number of nitrogens with one attached hydrogen (secondary N) is 2. The molecule has 1 aromatic heterocycles. The second kappa shape index (κ2) is 9.28. The Morgan fingerprint density at radius 2 is 1.86 bits per heavy atom. The van der Waals surface area contributed by atoms with Gasteiger partial charge in [-0.15, -0.1) is 11.8 Å². The number of aliphatic carboxylic acids is 1. The van der Waals surface area contributed by atoms with Crippen molar-refractivity contribution >= 4 is 46.6 Å². The predicted molar refractivity (Wildman–Crippen MR) is 133 cm³/mol. The molecule has 3 atom stereocenters. The van der Waals surface area contributed by atoms with E-state index in [9.17, 15) is 29.1 Å². The second-order valence-electron chi connectivity index (χ2n) is 8.76. The topological polar surface area (TPSA) is 151 Å². The van der Waals surface area contributed by atoms with Crippen molar-refractivity contribution < 1.29 is 28.7 Å². The Morgan fingerprint density at radius 1 is 1.14 bits per heavy atom. The van der Waals surface area contributed by atoms with E-state index in [1.165, 1.54) is 46.5 Å². The molecule has 2 aliphatic heterocycles. The van der Waals surface area contributed by atoms with Gasteiger partial charge in [-0.05, 0) is 36.3 Å². The maximum absolute atomic E-state index is 13.4. The largest absolute Gasteiger partial charge is 0.477 e. The SMILES string of the molecule is CC1=C(C(=O)O)N2C(=O)C(NC(=O)C(NC(=O)c3ccc4oc(=O)n(C)c4c3)c3ccccc3)C2SC1. The summed E-state index contributed by atoms with van der Waals surface area (Å²) in [5.74, 6) is -3.04. The van der Waals surface area contributed by atoms with Crippen molar-refractivity contribution in [2.24, 2.45) is 7.05 Å². The van der Waals surface area contributed by atoms with Crippen molar-refractivity contribution in [3.8, 4) is 0 Å². The Labute approximate surface area is 214 Å². The third-order valence-corrected chi connectivity index (χ3v) is 7.81. The molecule has 37 heavy (non-hydrogen) atoms. The summed E-state index contributed by atoms with van der Waals surface area (Å²) < 4.78 is 6.37. The molecule has 3 unspecified atom stereocenters. The first-order valence-corrected chi connectivity index (χ1v) is 12.4. The molecule has 190 valence electrons. The number of carbonyl (C=O) groups excluding carboxylic acids is 3. The fraction of sp³-hybridized carbons (Fsp3) is 0.240. The minimum Gasteiger partial charge on any atom is -0.477 e. The van der Waals surface area contributed by atoms with E-state index in [0.717, 1.165) is 0 Å². The van der Waals surface area contributed by atoms with Crippen molar-refractivity contribution in [2.75, 3.05) is 5.75 Å². The van der Waals surface area contributed by atoms with E-state index in [1.807, 2.05) is 0 Å². The molecule has 2 aliphatic rings. The maximum atomic E-state index is 13.4. The zero-order chi connectivity index (χ0) is 26.4. The van der Waals surface area contributed by atoms with Crippen LogP contribution in [0.5, 0.6) is 0 Å². The number of carboxylic acid groups (broad SMARTS) is 1. The summed E-state index contributed by atoms with van der Waals surface area (Å²) >= 11 is 1.36. The number of nitrogens with zero attached hydrogens (tertiary/aromatic N) is 2. The van der Waals surface area contributed by atoms with Gasteiger partial charge in [0.1, 0.15) is 23.2 Å². The standard InChI is InChI=1S/C25H22N4O7S/c1-12-11-37-23-18(22(32)29(23)19(12)24(33)34)27-21(31)17(13-6-4-3-5-7-13)26-20(30)14-8-9-16-15(10-14)28(2)25(35)36-16/h3-10,17-18,23H,11H2,1-2H3,(H,26,30)(H,27,31)(H,33,34). The summed E-state index contributed by atoms with van der Waals surface area (Å²) in [6.45, 7) is 1.66. The highest BCUT2D eigenvalue weighted by molar-refractivity contribution is 8.00. The second-order valence-corrected chi connectivity index (χ2v) is 9.86. The highest BCUT2D eigenvalue weighted by Crippen LogP contribution is 2.40. The van der Waals surface area contributed by atoms with Crippen LogP contribution in [0.25, 0.3) is 11.1 Å². The van der Waals surface area contributed by atoms with Crippen LogP contribution in [0.4, 0.5) is 0 Å². The molecule has 1 fully saturated rings. The van der Waals surface area contributed by atoms with Gasteiger partial charge >= 0.3 is 11.7 Å². The molecule has 0 bridgehead atoms. The zero-order valence-corrected chi connectivity index (χ0v) is 20.6. The van der Waals surface area contributed by atoms with E-state index in [2.05, 4.69) is 10.6 Å². The van der Waals surface area contributed by atoms with Crippen LogP contribution in [0.2, 0.25) is 0 Å². The molecule has 0 saturated carbocycles. The normalized spacial score (nSPS) is 19.7. The first-order valence-electron chi connectivity index (χ1n) is 11.3. The molecule has 2 aromatic carbocycles. The number of carbonyl (C=O) groups is 4. The summed E-state index contributed by atoms with van der Waals surface area (Å²) in [5, 5.41) is 14.4. The molecule has 0 aliphatic carbocycles. The van der Waals surface area contributed by atoms with E-state index >= 15 is 0 Å².